The molecule has 0 fully saturated rings. The molecule has 2 aromatic heterocycles. The van der Waals surface area contributed by atoms with E-state index in [1.54, 1.807) is 6.20 Å². The molecule has 0 saturated heterocycles. The minimum Gasteiger partial charge on any atom is -0.396 e. The first-order valence-electron chi connectivity index (χ1n) is 4.71. The van der Waals surface area contributed by atoms with E-state index < -0.39 is 0 Å². The SMILES string of the molecule is Nc1cn[nH]c1-c1n[nH]c2c1CCC2. The quantitative estimate of drug-likeness (QED) is 0.622. The summed E-state index contributed by atoms with van der Waals surface area (Å²) in [6.07, 6.45) is 4.99. The molecule has 5 heteroatoms. The Kier molecular flexibility index (Phi) is 1.41. The summed E-state index contributed by atoms with van der Waals surface area (Å²) in [4.78, 5) is 0. The van der Waals surface area contributed by atoms with Gasteiger partial charge in [-0.05, 0) is 19.3 Å². The number of aromatic amines is 2. The Labute approximate surface area is 80.7 Å². The molecule has 72 valence electrons. The topological polar surface area (TPSA) is 83.4 Å². The first-order chi connectivity index (χ1) is 6.86. The van der Waals surface area contributed by atoms with E-state index in [0.29, 0.717) is 5.69 Å². The van der Waals surface area contributed by atoms with E-state index in [4.69, 9.17) is 5.73 Å². The molecule has 0 aromatic carbocycles. The van der Waals surface area contributed by atoms with Gasteiger partial charge in [-0.3, -0.25) is 10.2 Å². The van der Waals surface area contributed by atoms with Crippen molar-refractivity contribution in [1.29, 1.82) is 0 Å². The molecule has 0 unspecified atom stereocenters. The van der Waals surface area contributed by atoms with Crippen molar-refractivity contribution < 1.29 is 0 Å². The Bertz CT molecular complexity index is 467. The Balaban J connectivity index is 2.17. The number of nitrogens with zero attached hydrogens (tertiary/aromatic N) is 2. The third kappa shape index (κ3) is 0.891. The number of hydrogen-bond donors (Lipinski definition) is 3. The fourth-order valence-corrected chi connectivity index (χ4v) is 2.01. The highest BCUT2D eigenvalue weighted by Gasteiger charge is 2.21. The van der Waals surface area contributed by atoms with Crippen LogP contribution in [-0.4, -0.2) is 20.4 Å². The first-order valence-corrected chi connectivity index (χ1v) is 4.71. The normalized spacial score (nSPS) is 14.6. The average Bonchev–Trinajstić information content (AvgIpc) is 2.78. The van der Waals surface area contributed by atoms with Crippen molar-refractivity contribution in [2.75, 3.05) is 5.73 Å². The molecule has 0 aliphatic heterocycles. The van der Waals surface area contributed by atoms with Crippen molar-refractivity contribution in [2.24, 2.45) is 0 Å². The summed E-state index contributed by atoms with van der Waals surface area (Å²) in [6, 6.07) is 0. The minimum absolute atomic E-state index is 0.659. The van der Waals surface area contributed by atoms with Gasteiger partial charge in [-0.15, -0.1) is 0 Å². The van der Waals surface area contributed by atoms with Gasteiger partial charge in [0.1, 0.15) is 11.4 Å². The van der Waals surface area contributed by atoms with E-state index in [9.17, 15) is 0 Å². The maximum absolute atomic E-state index is 5.78. The molecule has 0 amide bonds. The zero-order chi connectivity index (χ0) is 9.54. The molecule has 2 heterocycles. The van der Waals surface area contributed by atoms with Gasteiger partial charge in [0, 0.05) is 11.3 Å². The van der Waals surface area contributed by atoms with Gasteiger partial charge in [0.2, 0.25) is 0 Å². The molecule has 0 atom stereocenters. The third-order valence-electron chi connectivity index (χ3n) is 2.71. The molecule has 0 radical (unpaired) electrons. The van der Waals surface area contributed by atoms with Gasteiger partial charge < -0.3 is 5.73 Å². The van der Waals surface area contributed by atoms with E-state index >= 15 is 0 Å². The molecule has 2 aromatic rings. The smallest absolute Gasteiger partial charge is 0.115 e. The van der Waals surface area contributed by atoms with Crippen molar-refractivity contribution in [3.8, 4) is 11.4 Å². The van der Waals surface area contributed by atoms with Crippen LogP contribution in [0.15, 0.2) is 6.20 Å². The molecule has 5 nitrogen and oxygen atoms in total. The second-order valence-corrected chi connectivity index (χ2v) is 3.58. The Morgan fingerprint density at radius 3 is 3.00 bits per heavy atom. The molecule has 3 rings (SSSR count). The van der Waals surface area contributed by atoms with Crippen LogP contribution in [0.3, 0.4) is 0 Å². The lowest BCUT2D eigenvalue weighted by molar-refractivity contribution is 0.865. The molecule has 0 spiro atoms. The highest BCUT2D eigenvalue weighted by atomic mass is 15.2. The van der Waals surface area contributed by atoms with Crippen molar-refractivity contribution in [3.63, 3.8) is 0 Å². The zero-order valence-corrected chi connectivity index (χ0v) is 7.67. The minimum atomic E-state index is 0.659. The Hall–Kier alpha value is -1.78. The summed E-state index contributed by atoms with van der Waals surface area (Å²) in [6.45, 7) is 0. The van der Waals surface area contributed by atoms with Crippen LogP contribution in [0.5, 0.6) is 0 Å². The maximum Gasteiger partial charge on any atom is 0.115 e. The largest absolute Gasteiger partial charge is 0.396 e. The van der Waals surface area contributed by atoms with Crippen LogP contribution in [0.25, 0.3) is 11.4 Å². The number of fused-ring (bicyclic) bond motifs is 1. The predicted molar refractivity (Wildman–Crippen MR) is 52.6 cm³/mol. The molecule has 4 N–H and O–H groups in total. The zero-order valence-electron chi connectivity index (χ0n) is 7.67. The van der Waals surface area contributed by atoms with Gasteiger partial charge in [0.05, 0.1) is 11.9 Å². The molecule has 1 aliphatic rings. The Morgan fingerprint density at radius 2 is 2.21 bits per heavy atom. The fourth-order valence-electron chi connectivity index (χ4n) is 2.01. The number of nitrogen functional groups attached to an aromatic ring is 1. The molecular weight excluding hydrogens is 178 g/mol. The van der Waals surface area contributed by atoms with Crippen LogP contribution in [0, 0.1) is 0 Å². The van der Waals surface area contributed by atoms with Gasteiger partial charge in [-0.25, -0.2) is 0 Å². The Morgan fingerprint density at radius 1 is 1.29 bits per heavy atom. The number of aryl methyl sites for hydroxylation is 1. The lowest BCUT2D eigenvalue weighted by Crippen LogP contribution is -1.90. The van der Waals surface area contributed by atoms with Crippen LogP contribution in [0.2, 0.25) is 0 Å². The number of anilines is 1. The van der Waals surface area contributed by atoms with E-state index in [1.165, 1.54) is 17.7 Å². The standard InChI is InChI=1S/C9H11N5/c10-6-4-11-13-9(6)8-5-2-1-3-7(5)12-14-8/h4H,1-3,10H2,(H,11,13)(H,12,14). The number of aromatic nitrogens is 4. The van der Waals surface area contributed by atoms with Crippen LogP contribution >= 0.6 is 0 Å². The lowest BCUT2D eigenvalue weighted by Gasteiger charge is -1.96. The first kappa shape index (κ1) is 7.61. The number of rotatable bonds is 1. The van der Waals surface area contributed by atoms with Crippen molar-refractivity contribution in [2.45, 2.75) is 19.3 Å². The lowest BCUT2D eigenvalue weighted by atomic mass is 10.1. The molecule has 14 heavy (non-hydrogen) atoms. The fraction of sp³-hybridized carbons (Fsp3) is 0.333. The van der Waals surface area contributed by atoms with E-state index in [-0.39, 0.29) is 0 Å². The van der Waals surface area contributed by atoms with Gasteiger partial charge in [0.25, 0.3) is 0 Å². The van der Waals surface area contributed by atoms with E-state index in [2.05, 4.69) is 20.4 Å². The number of H-pyrrole nitrogens is 2. The van der Waals surface area contributed by atoms with Gasteiger partial charge in [0.15, 0.2) is 0 Å². The maximum atomic E-state index is 5.78. The van der Waals surface area contributed by atoms with Crippen molar-refractivity contribution >= 4 is 5.69 Å². The molecule has 0 saturated carbocycles. The summed E-state index contributed by atoms with van der Waals surface area (Å²) < 4.78 is 0. The molecule has 0 bridgehead atoms. The highest BCUT2D eigenvalue weighted by molar-refractivity contribution is 5.72. The third-order valence-corrected chi connectivity index (χ3v) is 2.71. The second kappa shape index (κ2) is 2.60. The van der Waals surface area contributed by atoms with Crippen LogP contribution in [-0.2, 0) is 12.8 Å². The molecular formula is C9H11N5. The van der Waals surface area contributed by atoms with Crippen molar-refractivity contribution in [3.05, 3.63) is 17.5 Å². The molecule has 1 aliphatic carbocycles. The van der Waals surface area contributed by atoms with Gasteiger partial charge in [-0.1, -0.05) is 0 Å². The second-order valence-electron chi connectivity index (χ2n) is 3.58. The summed E-state index contributed by atoms with van der Waals surface area (Å²) in [5.74, 6) is 0. The van der Waals surface area contributed by atoms with Crippen molar-refractivity contribution in [1.82, 2.24) is 20.4 Å². The van der Waals surface area contributed by atoms with Gasteiger partial charge in [-0.2, -0.15) is 10.2 Å². The number of nitrogens with one attached hydrogen (secondary N) is 2. The van der Waals surface area contributed by atoms with Crippen LogP contribution in [0.1, 0.15) is 17.7 Å². The number of hydrogen-bond acceptors (Lipinski definition) is 3. The van der Waals surface area contributed by atoms with Gasteiger partial charge >= 0.3 is 0 Å². The summed E-state index contributed by atoms with van der Waals surface area (Å²) in [5.41, 5.74) is 10.7. The summed E-state index contributed by atoms with van der Waals surface area (Å²) in [7, 11) is 0. The monoisotopic (exact) mass is 189 g/mol. The predicted octanol–water partition coefficient (Wildman–Crippen LogP) is 0.871. The van der Waals surface area contributed by atoms with E-state index in [1.807, 2.05) is 0 Å². The van der Waals surface area contributed by atoms with Crippen LogP contribution in [0.4, 0.5) is 5.69 Å². The average molecular weight is 189 g/mol. The highest BCUT2D eigenvalue weighted by Crippen LogP contribution is 2.31. The number of nitrogens with two attached hydrogens (primary N) is 1. The summed E-state index contributed by atoms with van der Waals surface area (Å²) in [5, 5.41) is 14.1. The van der Waals surface area contributed by atoms with Crippen LogP contribution < -0.4 is 5.73 Å². The van der Waals surface area contributed by atoms with E-state index in [0.717, 1.165) is 24.2 Å². The summed E-state index contributed by atoms with van der Waals surface area (Å²) >= 11 is 0.